The van der Waals surface area contributed by atoms with Gasteiger partial charge >= 0.3 is 6.09 Å². The number of amides is 3. The average molecular weight is 538 g/mol. The Labute approximate surface area is 232 Å². The predicted molar refractivity (Wildman–Crippen MR) is 151 cm³/mol. The van der Waals surface area contributed by atoms with Crippen molar-refractivity contribution in [1.29, 1.82) is 0 Å². The van der Waals surface area contributed by atoms with Crippen molar-refractivity contribution in [3.05, 3.63) is 64.7 Å². The molecular weight excluding hydrogens is 494 g/mol. The molecule has 8 nitrogen and oxygen atoms in total. The van der Waals surface area contributed by atoms with Gasteiger partial charge in [0.05, 0.1) is 0 Å². The van der Waals surface area contributed by atoms with Crippen molar-refractivity contribution in [2.75, 3.05) is 0 Å². The minimum atomic E-state index is -0.985. The van der Waals surface area contributed by atoms with Gasteiger partial charge in [0.2, 0.25) is 11.8 Å². The van der Waals surface area contributed by atoms with Gasteiger partial charge in [-0.05, 0) is 91.5 Å². The number of aryl methyl sites for hydroxylation is 2. The number of hydrogen-bond acceptors (Lipinski definition) is 5. The molecule has 2 atom stereocenters. The number of rotatable bonds is 8. The molecule has 0 aliphatic heterocycles. The Bertz CT molecular complexity index is 1170. The Kier molecular flexibility index (Phi) is 8.98. The van der Waals surface area contributed by atoms with Crippen LogP contribution in [0.1, 0.15) is 82.7 Å². The van der Waals surface area contributed by atoms with E-state index in [2.05, 4.69) is 10.6 Å². The van der Waals surface area contributed by atoms with E-state index in [0.717, 1.165) is 35.1 Å². The van der Waals surface area contributed by atoms with E-state index in [1.807, 2.05) is 52.8 Å². The first kappa shape index (κ1) is 30.0. The van der Waals surface area contributed by atoms with Crippen LogP contribution in [0.3, 0.4) is 0 Å². The van der Waals surface area contributed by atoms with Crippen LogP contribution in [-0.4, -0.2) is 51.1 Å². The van der Waals surface area contributed by atoms with E-state index in [4.69, 9.17) is 4.74 Å². The van der Waals surface area contributed by atoms with E-state index in [-0.39, 0.29) is 30.0 Å². The number of phenolic OH excluding ortho intramolecular Hbond substituents is 1. The zero-order valence-electron chi connectivity index (χ0n) is 24.4. The Hall–Kier alpha value is -3.55. The third kappa shape index (κ3) is 9.01. The number of alkyl carbamates (subject to hydrolysis) is 1. The van der Waals surface area contributed by atoms with Crippen LogP contribution in [0.4, 0.5) is 4.79 Å². The van der Waals surface area contributed by atoms with Gasteiger partial charge in [0.15, 0.2) is 0 Å². The summed E-state index contributed by atoms with van der Waals surface area (Å²) in [6.07, 6.45) is 1.00. The van der Waals surface area contributed by atoms with Gasteiger partial charge in [0.25, 0.3) is 0 Å². The van der Waals surface area contributed by atoms with Crippen molar-refractivity contribution in [3.63, 3.8) is 0 Å². The molecule has 3 rings (SSSR count). The Morgan fingerprint density at radius 3 is 2.03 bits per heavy atom. The minimum absolute atomic E-state index is 0.107. The van der Waals surface area contributed by atoms with Crippen LogP contribution >= 0.6 is 0 Å². The van der Waals surface area contributed by atoms with Crippen molar-refractivity contribution in [2.24, 2.45) is 0 Å². The number of nitrogens with one attached hydrogen (secondary N) is 2. The molecule has 212 valence electrons. The zero-order chi connectivity index (χ0) is 29.1. The molecule has 1 aliphatic rings. The van der Waals surface area contributed by atoms with E-state index in [0.29, 0.717) is 0 Å². The summed E-state index contributed by atoms with van der Waals surface area (Å²) in [7, 11) is 0. The fourth-order valence-electron chi connectivity index (χ4n) is 4.61. The van der Waals surface area contributed by atoms with Gasteiger partial charge in [-0.3, -0.25) is 9.59 Å². The molecule has 1 aliphatic carbocycles. The quantitative estimate of drug-likeness (QED) is 0.435. The molecule has 0 aromatic heterocycles. The maximum absolute atomic E-state index is 14.4. The van der Waals surface area contributed by atoms with Gasteiger partial charge in [-0.1, -0.05) is 41.5 Å². The lowest BCUT2D eigenvalue weighted by atomic mass is 9.96. The fourth-order valence-corrected chi connectivity index (χ4v) is 4.61. The molecule has 3 N–H and O–H groups in total. The molecule has 0 spiro atoms. The summed E-state index contributed by atoms with van der Waals surface area (Å²) in [5.74, 6) is -0.520. The summed E-state index contributed by atoms with van der Waals surface area (Å²) in [6.45, 7) is 14.9. The predicted octanol–water partition coefficient (Wildman–Crippen LogP) is 5.09. The van der Waals surface area contributed by atoms with Gasteiger partial charge in [-0.15, -0.1) is 0 Å². The zero-order valence-corrected chi connectivity index (χ0v) is 24.4. The van der Waals surface area contributed by atoms with E-state index in [9.17, 15) is 19.5 Å². The summed E-state index contributed by atoms with van der Waals surface area (Å²) in [5, 5.41) is 15.6. The Balaban J connectivity index is 2.05. The van der Waals surface area contributed by atoms with E-state index in [1.54, 1.807) is 37.8 Å². The molecule has 0 saturated heterocycles. The number of phenols is 1. The highest BCUT2D eigenvalue weighted by atomic mass is 16.6. The summed E-state index contributed by atoms with van der Waals surface area (Å²) in [6, 6.07) is 10.4. The third-order valence-electron chi connectivity index (χ3n) is 6.14. The highest BCUT2D eigenvalue weighted by molar-refractivity contribution is 5.93. The van der Waals surface area contributed by atoms with Crippen molar-refractivity contribution >= 4 is 17.9 Å². The van der Waals surface area contributed by atoms with Crippen molar-refractivity contribution in [3.8, 4) is 5.75 Å². The lowest BCUT2D eigenvalue weighted by molar-refractivity contribution is -0.143. The van der Waals surface area contributed by atoms with Crippen LogP contribution in [0, 0.1) is 13.8 Å². The summed E-state index contributed by atoms with van der Waals surface area (Å²) < 4.78 is 5.48. The van der Waals surface area contributed by atoms with Crippen LogP contribution in [0.25, 0.3) is 0 Å². The van der Waals surface area contributed by atoms with Gasteiger partial charge in [0, 0.05) is 18.0 Å². The molecule has 2 aromatic carbocycles. The number of aromatic hydroxyl groups is 1. The molecule has 3 amide bonds. The number of ether oxygens (including phenoxy) is 1. The summed E-state index contributed by atoms with van der Waals surface area (Å²) in [4.78, 5) is 42.7. The van der Waals surface area contributed by atoms with Crippen LogP contribution in [0.5, 0.6) is 5.75 Å². The molecule has 0 radical (unpaired) electrons. The number of nitrogens with zero attached hydrogens (tertiary/aromatic N) is 1. The maximum atomic E-state index is 14.4. The largest absolute Gasteiger partial charge is 0.508 e. The second kappa shape index (κ2) is 11.7. The normalized spacial score (nSPS) is 15.2. The van der Waals surface area contributed by atoms with Gasteiger partial charge in [-0.25, -0.2) is 4.79 Å². The van der Waals surface area contributed by atoms with Gasteiger partial charge < -0.3 is 25.4 Å². The molecule has 2 unspecified atom stereocenters. The van der Waals surface area contributed by atoms with E-state index < -0.39 is 29.3 Å². The first-order valence-electron chi connectivity index (χ1n) is 13.5. The first-order chi connectivity index (χ1) is 18.0. The van der Waals surface area contributed by atoms with Crippen LogP contribution < -0.4 is 10.6 Å². The lowest BCUT2D eigenvalue weighted by Crippen LogP contribution is -2.55. The maximum Gasteiger partial charge on any atom is 0.408 e. The van der Waals surface area contributed by atoms with E-state index in [1.165, 1.54) is 12.1 Å². The number of benzene rings is 2. The molecule has 2 aromatic rings. The Morgan fingerprint density at radius 1 is 0.974 bits per heavy atom. The third-order valence-corrected chi connectivity index (χ3v) is 6.14. The number of hydrogen-bond donors (Lipinski definition) is 3. The molecular formula is C31H43N3O5. The number of carbonyl (C=O) groups is 3. The van der Waals surface area contributed by atoms with Crippen LogP contribution in [0.2, 0.25) is 0 Å². The fraction of sp³-hybridized carbons (Fsp3) is 0.516. The second-order valence-corrected chi connectivity index (χ2v) is 12.6. The lowest BCUT2D eigenvalue weighted by Gasteiger charge is -2.36. The molecule has 0 bridgehead atoms. The van der Waals surface area contributed by atoms with E-state index >= 15 is 0 Å². The van der Waals surface area contributed by atoms with Crippen LogP contribution in [0.15, 0.2) is 42.5 Å². The topological polar surface area (TPSA) is 108 Å². The minimum Gasteiger partial charge on any atom is -0.508 e. The van der Waals surface area contributed by atoms with Gasteiger partial charge in [-0.2, -0.15) is 0 Å². The van der Waals surface area contributed by atoms with Crippen LogP contribution in [-0.2, 0) is 20.7 Å². The monoisotopic (exact) mass is 537 g/mol. The highest BCUT2D eigenvalue weighted by Crippen LogP contribution is 2.36. The molecule has 1 fully saturated rings. The van der Waals surface area contributed by atoms with Crippen molar-refractivity contribution < 1.29 is 24.2 Å². The summed E-state index contributed by atoms with van der Waals surface area (Å²) in [5.41, 5.74) is 2.21. The first-order valence-corrected chi connectivity index (χ1v) is 13.5. The highest BCUT2D eigenvalue weighted by Gasteiger charge is 2.44. The molecule has 1 saturated carbocycles. The molecule has 8 heteroatoms. The Morgan fingerprint density at radius 2 is 1.54 bits per heavy atom. The molecule has 39 heavy (non-hydrogen) atoms. The molecule has 0 heterocycles. The number of carbonyl (C=O) groups excluding carboxylic acids is 3. The standard InChI is InChI=1S/C31H43N3O5/c1-19-15-20(2)17-22(16-19)26(27(36)33-30(3,4)5)34(23-11-12-23)28(37)25(32-29(38)39-31(6,7)8)18-21-9-13-24(35)14-10-21/h9-10,13-17,23,25-26,35H,11-12,18H2,1-8H3,(H,32,38)(H,33,36). The average Bonchev–Trinajstić information content (AvgIpc) is 3.59. The SMILES string of the molecule is Cc1cc(C)cc(C(C(=O)NC(C)(C)C)N(C(=O)C(Cc2ccc(O)cc2)NC(=O)OC(C)(C)C)C2CC2)c1. The van der Waals surface area contributed by atoms with Gasteiger partial charge in [0.1, 0.15) is 23.4 Å². The second-order valence-electron chi connectivity index (χ2n) is 12.6. The van der Waals surface area contributed by atoms with Crippen molar-refractivity contribution in [2.45, 2.75) is 104 Å². The smallest absolute Gasteiger partial charge is 0.408 e. The summed E-state index contributed by atoms with van der Waals surface area (Å²) >= 11 is 0. The van der Waals surface area contributed by atoms with Crippen molar-refractivity contribution in [1.82, 2.24) is 15.5 Å².